The van der Waals surface area contributed by atoms with Gasteiger partial charge < -0.3 is 10.1 Å². The monoisotopic (exact) mass is 325 g/mol. The Labute approximate surface area is 130 Å². The Morgan fingerprint density at radius 3 is 2.50 bits per heavy atom. The summed E-state index contributed by atoms with van der Waals surface area (Å²) in [5.74, 6) is -0.0914. The van der Waals surface area contributed by atoms with Crippen molar-refractivity contribution < 1.29 is 17.9 Å². The summed E-state index contributed by atoms with van der Waals surface area (Å²) in [4.78, 5) is 12.2. The van der Waals surface area contributed by atoms with Crippen molar-refractivity contribution in [1.82, 2.24) is 0 Å². The van der Waals surface area contributed by atoms with Crippen molar-refractivity contribution in [2.24, 2.45) is 5.92 Å². The number of ether oxygens (including phenoxy) is 1. The van der Waals surface area contributed by atoms with Gasteiger partial charge in [0.15, 0.2) is 0 Å². The van der Waals surface area contributed by atoms with Crippen molar-refractivity contribution in [3.8, 4) is 0 Å². The van der Waals surface area contributed by atoms with E-state index in [1.807, 2.05) is 0 Å². The van der Waals surface area contributed by atoms with E-state index in [9.17, 15) is 13.2 Å². The van der Waals surface area contributed by atoms with Crippen LogP contribution in [0.25, 0.3) is 0 Å². The maximum atomic E-state index is 12.2. The molecule has 1 aromatic carbocycles. The number of anilines is 3. The molecule has 0 aromatic heterocycles. The molecule has 1 aromatic rings. The quantitative estimate of drug-likeness (QED) is 0.886. The van der Waals surface area contributed by atoms with Gasteiger partial charge >= 0.3 is 10.2 Å². The highest BCUT2D eigenvalue weighted by molar-refractivity contribution is 7.94. The summed E-state index contributed by atoms with van der Waals surface area (Å²) >= 11 is 0. The summed E-state index contributed by atoms with van der Waals surface area (Å²) in [6.07, 6.45) is 1.43. The van der Waals surface area contributed by atoms with Crippen molar-refractivity contribution in [2.75, 3.05) is 41.2 Å². The van der Waals surface area contributed by atoms with Crippen LogP contribution in [0.3, 0.4) is 0 Å². The molecule has 0 atom stereocenters. The number of benzene rings is 1. The number of hydrogen-bond donors (Lipinski definition) is 1. The second-order valence-corrected chi connectivity index (χ2v) is 7.51. The molecule has 0 bridgehead atoms. The van der Waals surface area contributed by atoms with E-state index in [1.54, 1.807) is 18.2 Å². The number of amides is 1. The molecule has 1 fully saturated rings. The van der Waals surface area contributed by atoms with E-state index in [-0.39, 0.29) is 11.8 Å². The van der Waals surface area contributed by atoms with Gasteiger partial charge in [0.1, 0.15) is 0 Å². The molecule has 0 unspecified atom stereocenters. The fourth-order valence-corrected chi connectivity index (χ4v) is 3.92. The number of fused-ring (bicyclic) bond motifs is 1. The second kappa shape index (κ2) is 5.44. The van der Waals surface area contributed by atoms with Crippen molar-refractivity contribution >= 4 is 33.2 Å². The van der Waals surface area contributed by atoms with Gasteiger partial charge in [-0.3, -0.25) is 13.4 Å². The van der Waals surface area contributed by atoms with Crippen LogP contribution in [0, 0.1) is 5.92 Å². The third-order valence-corrected chi connectivity index (χ3v) is 5.98. The van der Waals surface area contributed by atoms with Crippen LogP contribution < -0.4 is 13.9 Å². The van der Waals surface area contributed by atoms with Crippen LogP contribution in [0.4, 0.5) is 17.1 Å². The highest BCUT2D eigenvalue weighted by Crippen LogP contribution is 2.40. The van der Waals surface area contributed by atoms with E-state index in [1.165, 1.54) is 22.7 Å². The third kappa shape index (κ3) is 2.42. The fourth-order valence-electron chi connectivity index (χ4n) is 2.76. The van der Waals surface area contributed by atoms with Gasteiger partial charge in [0.05, 0.1) is 11.4 Å². The predicted molar refractivity (Wildman–Crippen MR) is 84.3 cm³/mol. The molecule has 0 spiro atoms. The lowest BCUT2D eigenvalue weighted by Gasteiger charge is -2.21. The van der Waals surface area contributed by atoms with E-state index in [0.717, 1.165) is 0 Å². The van der Waals surface area contributed by atoms with Gasteiger partial charge in [-0.2, -0.15) is 8.42 Å². The van der Waals surface area contributed by atoms with Gasteiger partial charge in [0.2, 0.25) is 5.91 Å². The molecule has 2 aliphatic heterocycles. The minimum Gasteiger partial charge on any atom is -0.381 e. The molecule has 8 heteroatoms. The average molecular weight is 325 g/mol. The molecular formula is C14H19N3O4S. The molecule has 3 rings (SSSR count). The Morgan fingerprint density at radius 2 is 1.82 bits per heavy atom. The van der Waals surface area contributed by atoms with Gasteiger partial charge in [0.25, 0.3) is 0 Å². The Bertz CT molecular complexity index is 698. The lowest BCUT2D eigenvalue weighted by molar-refractivity contribution is -0.122. The summed E-state index contributed by atoms with van der Waals surface area (Å²) in [6.45, 7) is 1.21. The molecule has 7 nitrogen and oxygen atoms in total. The molecule has 1 saturated heterocycles. The Balaban J connectivity index is 1.80. The largest absolute Gasteiger partial charge is 0.381 e. The number of carbonyl (C=O) groups is 1. The Hall–Kier alpha value is -1.80. The van der Waals surface area contributed by atoms with E-state index in [2.05, 4.69) is 5.32 Å². The van der Waals surface area contributed by atoms with E-state index < -0.39 is 10.2 Å². The SMILES string of the molecule is CN1c2ccc(NC(=O)C3CCOCC3)cc2N(C)S1(=O)=O. The van der Waals surface area contributed by atoms with Crippen LogP contribution in [0.15, 0.2) is 18.2 Å². The van der Waals surface area contributed by atoms with Crippen LogP contribution in [0.2, 0.25) is 0 Å². The fraction of sp³-hybridized carbons (Fsp3) is 0.500. The van der Waals surface area contributed by atoms with Gasteiger partial charge in [-0.05, 0) is 31.0 Å². The van der Waals surface area contributed by atoms with Crippen LogP contribution in [0.1, 0.15) is 12.8 Å². The number of nitrogens with zero attached hydrogens (tertiary/aromatic N) is 2. The normalized spacial score (nSPS) is 20.8. The predicted octanol–water partition coefficient (Wildman–Crippen LogP) is 1.18. The van der Waals surface area contributed by atoms with Crippen molar-refractivity contribution in [2.45, 2.75) is 12.8 Å². The first-order chi connectivity index (χ1) is 10.4. The van der Waals surface area contributed by atoms with E-state index in [4.69, 9.17) is 4.74 Å². The smallest absolute Gasteiger partial charge is 0.326 e. The highest BCUT2D eigenvalue weighted by Gasteiger charge is 2.35. The summed E-state index contributed by atoms with van der Waals surface area (Å²) in [6, 6.07) is 5.12. The van der Waals surface area contributed by atoms with Crippen LogP contribution in [-0.2, 0) is 19.7 Å². The van der Waals surface area contributed by atoms with Gasteiger partial charge in [-0.1, -0.05) is 0 Å². The molecule has 0 saturated carbocycles. The van der Waals surface area contributed by atoms with Gasteiger partial charge in [-0.15, -0.1) is 0 Å². The molecule has 22 heavy (non-hydrogen) atoms. The Morgan fingerprint density at radius 1 is 1.18 bits per heavy atom. The first kappa shape index (κ1) is 15.1. The molecule has 2 aliphatic rings. The molecule has 0 radical (unpaired) electrons. The molecular weight excluding hydrogens is 306 g/mol. The summed E-state index contributed by atoms with van der Waals surface area (Å²) in [5, 5.41) is 2.87. The van der Waals surface area contributed by atoms with Gasteiger partial charge in [-0.25, -0.2) is 0 Å². The van der Waals surface area contributed by atoms with Crippen LogP contribution in [-0.4, -0.2) is 41.6 Å². The third-order valence-electron chi connectivity index (χ3n) is 4.21. The zero-order valence-corrected chi connectivity index (χ0v) is 13.4. The maximum Gasteiger partial charge on any atom is 0.326 e. The standard InChI is InChI=1S/C14H19N3O4S/c1-16-12-4-3-11(9-13(12)17(2)22(16,19)20)15-14(18)10-5-7-21-8-6-10/h3-4,9-10H,5-8H2,1-2H3,(H,15,18). The molecule has 0 aliphatic carbocycles. The van der Waals surface area contributed by atoms with Crippen molar-refractivity contribution in [3.05, 3.63) is 18.2 Å². The van der Waals surface area contributed by atoms with Gasteiger partial charge in [0, 0.05) is 38.9 Å². The summed E-state index contributed by atoms with van der Waals surface area (Å²) < 4.78 is 31.9. The van der Waals surface area contributed by atoms with E-state index >= 15 is 0 Å². The van der Waals surface area contributed by atoms with Crippen molar-refractivity contribution in [1.29, 1.82) is 0 Å². The summed E-state index contributed by atoms with van der Waals surface area (Å²) in [5.41, 5.74) is 1.77. The number of nitrogens with one attached hydrogen (secondary N) is 1. The van der Waals surface area contributed by atoms with Crippen LogP contribution in [0.5, 0.6) is 0 Å². The zero-order valence-electron chi connectivity index (χ0n) is 12.6. The number of rotatable bonds is 2. The molecule has 2 heterocycles. The maximum absolute atomic E-state index is 12.2. The first-order valence-electron chi connectivity index (χ1n) is 7.16. The average Bonchev–Trinajstić information content (AvgIpc) is 2.69. The lowest BCUT2D eigenvalue weighted by atomic mass is 9.99. The number of carbonyl (C=O) groups excluding carboxylic acids is 1. The molecule has 1 N–H and O–H groups in total. The first-order valence-corrected chi connectivity index (χ1v) is 8.56. The van der Waals surface area contributed by atoms with Crippen LogP contribution >= 0.6 is 0 Å². The second-order valence-electron chi connectivity index (χ2n) is 5.52. The zero-order chi connectivity index (χ0) is 15.9. The topological polar surface area (TPSA) is 79.0 Å². The van der Waals surface area contributed by atoms with Crippen molar-refractivity contribution in [3.63, 3.8) is 0 Å². The lowest BCUT2D eigenvalue weighted by Crippen LogP contribution is -2.32. The molecule has 120 valence electrons. The highest BCUT2D eigenvalue weighted by atomic mass is 32.2. The Kier molecular flexibility index (Phi) is 3.73. The van der Waals surface area contributed by atoms with E-state index in [0.29, 0.717) is 43.1 Å². The minimum absolute atomic E-state index is 0.0416. The number of hydrogen-bond acceptors (Lipinski definition) is 4. The minimum atomic E-state index is -3.49. The molecule has 1 amide bonds. The summed E-state index contributed by atoms with van der Waals surface area (Å²) in [7, 11) is -0.478.